The molecule has 0 radical (unpaired) electrons. The molecule has 3 nitrogen and oxygen atoms in total. The lowest BCUT2D eigenvalue weighted by molar-refractivity contribution is -0.127. The molecule has 2 aliphatic rings. The topological polar surface area (TPSA) is 46.5 Å². The Morgan fingerprint density at radius 2 is 2.31 bits per heavy atom. The van der Waals surface area contributed by atoms with Gasteiger partial charge in [0.05, 0.1) is 0 Å². The first kappa shape index (κ1) is 7.86. The van der Waals surface area contributed by atoms with E-state index in [1.807, 2.05) is 6.08 Å². The SMILES string of the molecule is O=CC(=O)C1=CC=C2C=NC=C2C1. The van der Waals surface area contributed by atoms with Crippen LogP contribution in [0.1, 0.15) is 6.42 Å². The Balaban J connectivity index is 2.30. The van der Waals surface area contributed by atoms with Crippen molar-refractivity contribution in [3.8, 4) is 0 Å². The van der Waals surface area contributed by atoms with Gasteiger partial charge in [-0.05, 0) is 11.1 Å². The van der Waals surface area contributed by atoms with Crippen LogP contribution in [0, 0.1) is 0 Å². The maximum atomic E-state index is 11.0. The van der Waals surface area contributed by atoms with Crippen molar-refractivity contribution in [3.05, 3.63) is 35.1 Å². The number of hydrogen-bond acceptors (Lipinski definition) is 3. The van der Waals surface area contributed by atoms with Crippen LogP contribution in [0.15, 0.2) is 40.1 Å². The Morgan fingerprint density at radius 1 is 1.46 bits per heavy atom. The van der Waals surface area contributed by atoms with Gasteiger partial charge in [-0.15, -0.1) is 0 Å². The second-order valence-electron chi connectivity index (χ2n) is 2.91. The van der Waals surface area contributed by atoms with Crippen molar-refractivity contribution in [2.75, 3.05) is 0 Å². The predicted molar refractivity (Wildman–Crippen MR) is 48.4 cm³/mol. The molecule has 0 aromatic carbocycles. The highest BCUT2D eigenvalue weighted by molar-refractivity contribution is 6.33. The van der Waals surface area contributed by atoms with E-state index in [1.165, 1.54) is 0 Å². The molecular weight excluding hydrogens is 166 g/mol. The zero-order chi connectivity index (χ0) is 9.26. The van der Waals surface area contributed by atoms with Gasteiger partial charge in [0, 0.05) is 24.4 Å². The summed E-state index contributed by atoms with van der Waals surface area (Å²) in [5, 5.41) is 0. The number of ketones is 1. The number of fused-ring (bicyclic) bond motifs is 1. The van der Waals surface area contributed by atoms with Crippen LogP contribution in [0.4, 0.5) is 0 Å². The number of Topliss-reactive ketones (excluding diaryl/α,β-unsaturated/α-hetero) is 1. The quantitative estimate of drug-likeness (QED) is 0.461. The van der Waals surface area contributed by atoms with Gasteiger partial charge in [-0.3, -0.25) is 14.6 Å². The lowest BCUT2D eigenvalue weighted by atomic mass is 9.93. The van der Waals surface area contributed by atoms with E-state index in [0.717, 1.165) is 11.1 Å². The van der Waals surface area contributed by atoms with Crippen LogP contribution < -0.4 is 0 Å². The fourth-order valence-electron chi connectivity index (χ4n) is 1.36. The van der Waals surface area contributed by atoms with Crippen LogP contribution >= 0.6 is 0 Å². The number of hydrogen-bond donors (Lipinski definition) is 0. The van der Waals surface area contributed by atoms with E-state index in [4.69, 9.17) is 0 Å². The summed E-state index contributed by atoms with van der Waals surface area (Å²) < 4.78 is 0. The van der Waals surface area contributed by atoms with Gasteiger partial charge in [-0.2, -0.15) is 0 Å². The summed E-state index contributed by atoms with van der Waals surface area (Å²) in [5.74, 6) is -0.442. The molecule has 0 saturated heterocycles. The third-order valence-corrected chi connectivity index (χ3v) is 2.08. The number of allylic oxidation sites excluding steroid dienone is 5. The molecule has 0 saturated carbocycles. The van der Waals surface area contributed by atoms with Gasteiger partial charge in [-0.1, -0.05) is 12.2 Å². The Morgan fingerprint density at radius 3 is 3.08 bits per heavy atom. The summed E-state index contributed by atoms with van der Waals surface area (Å²) in [5.41, 5.74) is 2.57. The average Bonchev–Trinajstić information content (AvgIpc) is 2.63. The zero-order valence-corrected chi connectivity index (χ0v) is 6.86. The maximum Gasteiger partial charge on any atom is 0.221 e. The summed E-state index contributed by atoms with van der Waals surface area (Å²) in [4.78, 5) is 25.2. The summed E-state index contributed by atoms with van der Waals surface area (Å²) in [6.07, 6.45) is 7.82. The number of carbonyl (C=O) groups excluding carboxylic acids is 2. The average molecular weight is 173 g/mol. The molecule has 0 atom stereocenters. The molecule has 0 aromatic heterocycles. The van der Waals surface area contributed by atoms with Gasteiger partial charge in [0.2, 0.25) is 5.78 Å². The van der Waals surface area contributed by atoms with Crippen LogP contribution in [0.5, 0.6) is 0 Å². The fourth-order valence-corrected chi connectivity index (χ4v) is 1.36. The van der Waals surface area contributed by atoms with Crippen molar-refractivity contribution in [1.29, 1.82) is 0 Å². The molecule has 0 amide bonds. The fraction of sp³-hybridized carbons (Fsp3) is 0.100. The van der Waals surface area contributed by atoms with E-state index < -0.39 is 5.78 Å². The zero-order valence-electron chi connectivity index (χ0n) is 6.86. The second kappa shape index (κ2) is 2.94. The number of rotatable bonds is 2. The van der Waals surface area contributed by atoms with E-state index in [1.54, 1.807) is 18.5 Å². The standard InChI is InChI=1S/C10H7NO2/c12-6-10(13)7-1-2-8-4-11-5-9(8)3-7/h1-2,4-6H,3H2. The van der Waals surface area contributed by atoms with Gasteiger partial charge in [-0.25, -0.2) is 0 Å². The van der Waals surface area contributed by atoms with Crippen LogP contribution in [0.2, 0.25) is 0 Å². The van der Waals surface area contributed by atoms with Crippen molar-refractivity contribution < 1.29 is 9.59 Å². The molecule has 0 spiro atoms. The summed E-state index contributed by atoms with van der Waals surface area (Å²) in [6, 6.07) is 0. The Kier molecular flexibility index (Phi) is 1.77. The molecule has 2 rings (SSSR count). The molecule has 64 valence electrons. The molecule has 1 heterocycles. The highest BCUT2D eigenvalue weighted by Crippen LogP contribution is 2.26. The Hall–Kier alpha value is -1.77. The molecule has 0 aromatic rings. The summed E-state index contributed by atoms with van der Waals surface area (Å²) in [7, 11) is 0. The minimum atomic E-state index is -0.442. The van der Waals surface area contributed by atoms with Crippen molar-refractivity contribution >= 4 is 18.3 Å². The molecule has 13 heavy (non-hydrogen) atoms. The van der Waals surface area contributed by atoms with E-state index in [0.29, 0.717) is 18.3 Å². The lowest BCUT2D eigenvalue weighted by Crippen LogP contribution is -2.07. The first-order valence-electron chi connectivity index (χ1n) is 3.94. The van der Waals surface area contributed by atoms with Gasteiger partial charge in [0.25, 0.3) is 0 Å². The van der Waals surface area contributed by atoms with Crippen LogP contribution in [-0.2, 0) is 9.59 Å². The minimum Gasteiger partial charge on any atom is -0.294 e. The third kappa shape index (κ3) is 1.28. The van der Waals surface area contributed by atoms with Gasteiger partial charge in [0.1, 0.15) is 0 Å². The third-order valence-electron chi connectivity index (χ3n) is 2.08. The molecule has 1 aliphatic carbocycles. The van der Waals surface area contributed by atoms with Crippen molar-refractivity contribution in [2.24, 2.45) is 4.99 Å². The number of carbonyl (C=O) groups is 2. The lowest BCUT2D eigenvalue weighted by Gasteiger charge is -2.09. The Bertz CT molecular complexity index is 397. The van der Waals surface area contributed by atoms with Gasteiger partial charge >= 0.3 is 0 Å². The van der Waals surface area contributed by atoms with E-state index in [9.17, 15) is 9.59 Å². The van der Waals surface area contributed by atoms with Crippen molar-refractivity contribution in [1.82, 2.24) is 0 Å². The normalized spacial score (nSPS) is 18.6. The van der Waals surface area contributed by atoms with Crippen molar-refractivity contribution in [2.45, 2.75) is 6.42 Å². The molecule has 0 fully saturated rings. The van der Waals surface area contributed by atoms with Crippen molar-refractivity contribution in [3.63, 3.8) is 0 Å². The first-order chi connectivity index (χ1) is 6.31. The second-order valence-corrected chi connectivity index (χ2v) is 2.91. The number of nitrogens with zero attached hydrogens (tertiary/aromatic N) is 1. The van der Waals surface area contributed by atoms with E-state index in [2.05, 4.69) is 4.99 Å². The highest BCUT2D eigenvalue weighted by Gasteiger charge is 2.17. The monoisotopic (exact) mass is 173 g/mol. The van der Waals surface area contributed by atoms with Crippen LogP contribution in [-0.4, -0.2) is 18.3 Å². The Labute approximate surface area is 75.2 Å². The first-order valence-corrected chi connectivity index (χ1v) is 3.94. The molecule has 0 bridgehead atoms. The molecule has 1 aliphatic heterocycles. The number of aldehydes is 1. The molecule has 0 unspecified atom stereocenters. The summed E-state index contributed by atoms with van der Waals surface area (Å²) >= 11 is 0. The van der Waals surface area contributed by atoms with Gasteiger partial charge < -0.3 is 0 Å². The smallest absolute Gasteiger partial charge is 0.221 e. The van der Waals surface area contributed by atoms with Crippen LogP contribution in [0.3, 0.4) is 0 Å². The van der Waals surface area contributed by atoms with Gasteiger partial charge in [0.15, 0.2) is 6.29 Å². The molecular formula is C10H7NO2. The number of aliphatic imine (C=N–C) groups is 1. The molecule has 0 N–H and O–H groups in total. The van der Waals surface area contributed by atoms with E-state index >= 15 is 0 Å². The predicted octanol–water partition coefficient (Wildman–Crippen LogP) is 0.979. The summed E-state index contributed by atoms with van der Waals surface area (Å²) in [6.45, 7) is 0. The van der Waals surface area contributed by atoms with E-state index in [-0.39, 0.29) is 0 Å². The highest BCUT2D eigenvalue weighted by atomic mass is 16.2. The maximum absolute atomic E-state index is 11.0. The largest absolute Gasteiger partial charge is 0.294 e. The molecule has 3 heteroatoms. The van der Waals surface area contributed by atoms with Crippen LogP contribution in [0.25, 0.3) is 0 Å². The minimum absolute atomic E-state index is 0.348.